The summed E-state index contributed by atoms with van der Waals surface area (Å²) in [6.07, 6.45) is 0.819. The molecule has 3 nitrogen and oxygen atoms in total. The Hall–Kier alpha value is -1.06. The fraction of sp³-hybridized carbons (Fsp3) is 0.364. The molecule has 4 heteroatoms. The van der Waals surface area contributed by atoms with Gasteiger partial charge in [-0.1, -0.05) is 23.7 Å². The van der Waals surface area contributed by atoms with Crippen LogP contribution in [-0.4, -0.2) is 25.0 Å². The minimum atomic E-state index is 0.0632. The average Bonchev–Trinajstić information content (AvgIpc) is 2.17. The summed E-state index contributed by atoms with van der Waals surface area (Å²) in [4.78, 5) is 11.1. The van der Waals surface area contributed by atoms with E-state index in [0.717, 1.165) is 23.6 Å². The molecular weight excluding hydrogens is 212 g/mol. The van der Waals surface area contributed by atoms with Crippen LogP contribution in [0, 0.1) is 0 Å². The van der Waals surface area contributed by atoms with Crippen LogP contribution in [-0.2, 0) is 11.2 Å². The quantitative estimate of drug-likeness (QED) is 0.786. The van der Waals surface area contributed by atoms with Gasteiger partial charge in [0, 0.05) is 17.6 Å². The Morgan fingerprint density at radius 3 is 3.07 bits per heavy atom. The van der Waals surface area contributed by atoms with Gasteiger partial charge in [0.25, 0.3) is 0 Å². The predicted octanol–water partition coefficient (Wildman–Crippen LogP) is 0.970. The topological polar surface area (TPSA) is 41.1 Å². The Bertz CT molecular complexity index is 367. The van der Waals surface area contributed by atoms with Crippen LogP contribution in [0.1, 0.15) is 5.56 Å². The minimum absolute atomic E-state index is 0.0632. The van der Waals surface area contributed by atoms with Crippen molar-refractivity contribution in [3.63, 3.8) is 0 Å². The van der Waals surface area contributed by atoms with Crippen molar-refractivity contribution in [1.29, 1.82) is 0 Å². The van der Waals surface area contributed by atoms with Gasteiger partial charge in [-0.25, -0.2) is 0 Å². The summed E-state index contributed by atoms with van der Waals surface area (Å²) in [5, 5.41) is 6.75. The van der Waals surface area contributed by atoms with Crippen molar-refractivity contribution in [1.82, 2.24) is 10.6 Å². The number of carbonyl (C=O) groups is 1. The molecule has 1 unspecified atom stereocenters. The molecule has 1 fully saturated rings. The van der Waals surface area contributed by atoms with E-state index in [1.54, 1.807) is 0 Å². The van der Waals surface area contributed by atoms with E-state index in [9.17, 15) is 4.79 Å². The number of piperazine rings is 1. The van der Waals surface area contributed by atoms with Gasteiger partial charge in [0.05, 0.1) is 6.54 Å². The van der Waals surface area contributed by atoms with Crippen molar-refractivity contribution < 1.29 is 4.79 Å². The van der Waals surface area contributed by atoms with Crippen molar-refractivity contribution in [3.8, 4) is 0 Å². The van der Waals surface area contributed by atoms with E-state index in [2.05, 4.69) is 10.6 Å². The van der Waals surface area contributed by atoms with Gasteiger partial charge in [0.15, 0.2) is 0 Å². The van der Waals surface area contributed by atoms with Gasteiger partial charge in [-0.15, -0.1) is 0 Å². The number of rotatable bonds is 2. The molecule has 1 atom stereocenters. The van der Waals surface area contributed by atoms with E-state index >= 15 is 0 Å². The zero-order chi connectivity index (χ0) is 10.7. The van der Waals surface area contributed by atoms with Crippen LogP contribution in [0.2, 0.25) is 5.02 Å². The molecule has 1 aromatic rings. The monoisotopic (exact) mass is 224 g/mol. The number of hydrogen-bond donors (Lipinski definition) is 2. The molecule has 0 spiro atoms. The Balaban J connectivity index is 1.99. The summed E-state index contributed by atoms with van der Waals surface area (Å²) in [6, 6.07) is 7.90. The number of amides is 1. The maximum atomic E-state index is 11.1. The first kappa shape index (κ1) is 10.5. The second kappa shape index (κ2) is 4.64. The molecule has 15 heavy (non-hydrogen) atoms. The number of benzene rings is 1. The molecule has 1 aromatic carbocycles. The third-order valence-electron chi connectivity index (χ3n) is 2.41. The largest absolute Gasteiger partial charge is 0.351 e. The Morgan fingerprint density at radius 2 is 2.33 bits per heavy atom. The summed E-state index contributed by atoms with van der Waals surface area (Å²) >= 11 is 5.89. The number of carbonyl (C=O) groups excluding carboxylic acids is 1. The zero-order valence-electron chi connectivity index (χ0n) is 8.29. The van der Waals surface area contributed by atoms with Gasteiger partial charge in [-0.2, -0.15) is 0 Å². The highest BCUT2D eigenvalue weighted by molar-refractivity contribution is 6.30. The lowest BCUT2D eigenvalue weighted by molar-refractivity contribution is -0.122. The van der Waals surface area contributed by atoms with Gasteiger partial charge in [0.2, 0.25) is 5.91 Å². The molecule has 1 aliphatic heterocycles. The van der Waals surface area contributed by atoms with Gasteiger partial charge in [0.1, 0.15) is 0 Å². The van der Waals surface area contributed by atoms with Crippen LogP contribution < -0.4 is 10.6 Å². The lowest BCUT2D eigenvalue weighted by Gasteiger charge is -2.24. The molecule has 1 saturated heterocycles. The molecule has 1 amide bonds. The standard InChI is InChI=1S/C11H13ClN2O/c12-9-3-1-2-8(4-9)5-10-6-13-7-11(15)14-10/h1-4,10,13H,5-7H2,(H,14,15). The van der Waals surface area contributed by atoms with E-state index in [4.69, 9.17) is 11.6 Å². The second-order valence-corrected chi connectivity index (χ2v) is 4.17. The van der Waals surface area contributed by atoms with E-state index in [1.165, 1.54) is 0 Å². The first-order chi connectivity index (χ1) is 7.24. The van der Waals surface area contributed by atoms with Gasteiger partial charge < -0.3 is 10.6 Å². The fourth-order valence-electron chi connectivity index (χ4n) is 1.76. The van der Waals surface area contributed by atoms with Gasteiger partial charge in [-0.3, -0.25) is 4.79 Å². The van der Waals surface area contributed by atoms with Crippen LogP contribution in [0.5, 0.6) is 0 Å². The van der Waals surface area contributed by atoms with Crippen molar-refractivity contribution in [2.45, 2.75) is 12.5 Å². The summed E-state index contributed by atoms with van der Waals surface area (Å²) in [6.45, 7) is 1.24. The minimum Gasteiger partial charge on any atom is -0.351 e. The smallest absolute Gasteiger partial charge is 0.234 e. The number of nitrogens with one attached hydrogen (secondary N) is 2. The molecule has 80 valence electrons. The molecule has 1 aliphatic rings. The Morgan fingerprint density at radius 1 is 1.47 bits per heavy atom. The van der Waals surface area contributed by atoms with Gasteiger partial charge in [-0.05, 0) is 24.1 Å². The number of halogens is 1. The van der Waals surface area contributed by atoms with Crippen LogP contribution in [0.3, 0.4) is 0 Å². The molecule has 2 rings (SSSR count). The van der Waals surface area contributed by atoms with Crippen LogP contribution in [0.25, 0.3) is 0 Å². The summed E-state index contributed by atoms with van der Waals surface area (Å²) in [7, 11) is 0. The molecule has 1 heterocycles. The fourth-order valence-corrected chi connectivity index (χ4v) is 1.97. The molecule has 0 saturated carbocycles. The molecule has 0 radical (unpaired) electrons. The molecular formula is C11H13ClN2O. The summed E-state index contributed by atoms with van der Waals surface area (Å²) in [5.74, 6) is 0.0632. The normalized spacial score (nSPS) is 21.1. The lowest BCUT2D eigenvalue weighted by Crippen LogP contribution is -2.52. The third kappa shape index (κ3) is 2.94. The van der Waals surface area contributed by atoms with E-state index in [0.29, 0.717) is 6.54 Å². The molecule has 2 N–H and O–H groups in total. The highest BCUT2D eigenvalue weighted by Gasteiger charge is 2.17. The second-order valence-electron chi connectivity index (χ2n) is 3.73. The molecule has 0 aliphatic carbocycles. The Labute approximate surface area is 93.8 Å². The van der Waals surface area contributed by atoms with E-state index in [1.807, 2.05) is 24.3 Å². The lowest BCUT2D eigenvalue weighted by atomic mass is 10.0. The van der Waals surface area contributed by atoms with Crippen LogP contribution >= 0.6 is 11.6 Å². The van der Waals surface area contributed by atoms with Crippen LogP contribution in [0.4, 0.5) is 0 Å². The highest BCUT2D eigenvalue weighted by atomic mass is 35.5. The van der Waals surface area contributed by atoms with E-state index in [-0.39, 0.29) is 11.9 Å². The highest BCUT2D eigenvalue weighted by Crippen LogP contribution is 2.12. The first-order valence-electron chi connectivity index (χ1n) is 4.98. The molecule has 0 aromatic heterocycles. The average molecular weight is 225 g/mol. The van der Waals surface area contributed by atoms with Gasteiger partial charge >= 0.3 is 0 Å². The maximum Gasteiger partial charge on any atom is 0.234 e. The Kier molecular flexibility index (Phi) is 3.23. The SMILES string of the molecule is O=C1CNCC(Cc2cccc(Cl)c2)N1. The summed E-state index contributed by atoms with van der Waals surface area (Å²) in [5.41, 5.74) is 1.15. The van der Waals surface area contributed by atoms with Crippen molar-refractivity contribution >= 4 is 17.5 Å². The van der Waals surface area contributed by atoms with Crippen molar-refractivity contribution in [2.75, 3.05) is 13.1 Å². The third-order valence-corrected chi connectivity index (χ3v) is 2.65. The first-order valence-corrected chi connectivity index (χ1v) is 5.36. The van der Waals surface area contributed by atoms with Crippen molar-refractivity contribution in [3.05, 3.63) is 34.9 Å². The zero-order valence-corrected chi connectivity index (χ0v) is 9.05. The predicted molar refractivity (Wildman–Crippen MR) is 60.0 cm³/mol. The van der Waals surface area contributed by atoms with Crippen molar-refractivity contribution in [2.24, 2.45) is 0 Å². The van der Waals surface area contributed by atoms with E-state index < -0.39 is 0 Å². The molecule has 0 bridgehead atoms. The van der Waals surface area contributed by atoms with Crippen LogP contribution in [0.15, 0.2) is 24.3 Å². The maximum absolute atomic E-state index is 11.1. The summed E-state index contributed by atoms with van der Waals surface area (Å²) < 4.78 is 0. The number of hydrogen-bond acceptors (Lipinski definition) is 2.